The van der Waals surface area contributed by atoms with Crippen LogP contribution >= 0.6 is 0 Å². The van der Waals surface area contributed by atoms with Gasteiger partial charge in [0.2, 0.25) is 10.0 Å². The quantitative estimate of drug-likeness (QED) is 0.771. The number of aliphatic hydroxyl groups is 1. The lowest BCUT2D eigenvalue weighted by molar-refractivity contribution is -0.169. The Morgan fingerprint density at radius 3 is 2.69 bits per heavy atom. The van der Waals surface area contributed by atoms with Gasteiger partial charge in [-0.15, -0.1) is 0 Å². The molecule has 1 heterocycles. The lowest BCUT2D eigenvalue weighted by atomic mass is 9.49. The molecular formula is C23H34N2O3S. The van der Waals surface area contributed by atoms with Crippen molar-refractivity contribution in [2.24, 2.45) is 5.92 Å². The zero-order valence-electron chi connectivity index (χ0n) is 17.6. The van der Waals surface area contributed by atoms with Crippen LogP contribution in [0.3, 0.4) is 0 Å². The predicted octanol–water partition coefficient (Wildman–Crippen LogP) is 2.58. The largest absolute Gasteiger partial charge is 0.387 e. The third-order valence-corrected chi connectivity index (χ3v) is 10.1. The Labute approximate surface area is 174 Å². The second kappa shape index (κ2) is 6.78. The number of likely N-dealkylation sites (tertiary alicyclic amines) is 1. The molecule has 5 rings (SSSR count). The second-order valence-electron chi connectivity index (χ2n) is 10.2. The monoisotopic (exact) mass is 418 g/mol. The summed E-state index contributed by atoms with van der Waals surface area (Å²) in [6, 6.07) is 8.62. The molecule has 1 aromatic rings. The van der Waals surface area contributed by atoms with Crippen LogP contribution in [-0.2, 0) is 21.9 Å². The van der Waals surface area contributed by atoms with Gasteiger partial charge in [-0.2, -0.15) is 0 Å². The van der Waals surface area contributed by atoms with Crippen molar-refractivity contribution in [1.82, 2.24) is 9.62 Å². The molecule has 5 nitrogen and oxygen atoms in total. The highest BCUT2D eigenvalue weighted by molar-refractivity contribution is 7.90. The lowest BCUT2D eigenvalue weighted by Crippen LogP contribution is -2.74. The first-order valence-corrected chi connectivity index (χ1v) is 12.9. The first-order chi connectivity index (χ1) is 13.8. The van der Waals surface area contributed by atoms with Crippen LogP contribution in [-0.4, -0.2) is 54.4 Å². The molecule has 3 fully saturated rings. The van der Waals surface area contributed by atoms with Crippen LogP contribution in [0.4, 0.5) is 0 Å². The van der Waals surface area contributed by atoms with Crippen molar-refractivity contribution in [2.45, 2.75) is 87.1 Å². The van der Waals surface area contributed by atoms with Crippen molar-refractivity contribution in [3.8, 4) is 0 Å². The van der Waals surface area contributed by atoms with Crippen molar-refractivity contribution in [2.75, 3.05) is 13.1 Å². The number of rotatable bonds is 5. The van der Waals surface area contributed by atoms with E-state index in [0.717, 1.165) is 31.8 Å². The van der Waals surface area contributed by atoms with E-state index in [1.807, 2.05) is 0 Å². The summed E-state index contributed by atoms with van der Waals surface area (Å²) in [5, 5.41) is 11.8. The number of hydrogen-bond donors (Lipinski definition) is 2. The molecule has 6 heteroatoms. The first kappa shape index (κ1) is 20.0. The van der Waals surface area contributed by atoms with E-state index in [4.69, 9.17) is 0 Å². The van der Waals surface area contributed by atoms with Crippen LogP contribution in [0.1, 0.15) is 63.5 Å². The van der Waals surface area contributed by atoms with E-state index in [9.17, 15) is 13.5 Å². The van der Waals surface area contributed by atoms with E-state index in [0.29, 0.717) is 19.3 Å². The maximum atomic E-state index is 12.6. The SMILES string of the molecule is CC(C)S(=O)(=O)NC1CC[C@@]2(O)[C@H]3Cc4ccccc4[C@@]2(CCN3CC2CC2)C1. The third-order valence-electron chi connectivity index (χ3n) is 8.20. The highest BCUT2D eigenvalue weighted by Gasteiger charge is 2.64. The standard InChI is InChI=1S/C23H34N2O3S/c1-16(2)29(27,28)24-19-9-10-23(26)21-13-18-5-3-4-6-20(18)22(23,14-19)11-12-25(21)15-17-7-8-17/h3-6,16-17,19,21,24,26H,7-15H2,1-2H3/t19?,21-,22-,23-/m1/s1. The highest BCUT2D eigenvalue weighted by atomic mass is 32.2. The second-order valence-corrected chi connectivity index (χ2v) is 12.5. The summed E-state index contributed by atoms with van der Waals surface area (Å²) < 4.78 is 28.1. The summed E-state index contributed by atoms with van der Waals surface area (Å²) in [6.07, 6.45) is 6.52. The molecule has 2 saturated carbocycles. The van der Waals surface area contributed by atoms with Crippen LogP contribution in [0.15, 0.2) is 24.3 Å². The smallest absolute Gasteiger partial charge is 0.214 e. The molecule has 1 saturated heterocycles. The van der Waals surface area contributed by atoms with Crippen LogP contribution in [0.2, 0.25) is 0 Å². The Bertz CT molecular complexity index is 897. The summed E-state index contributed by atoms with van der Waals surface area (Å²) in [4.78, 5) is 2.56. The summed E-state index contributed by atoms with van der Waals surface area (Å²) in [5.74, 6) is 0.803. The molecule has 4 aliphatic rings. The molecule has 2 N–H and O–H groups in total. The van der Waals surface area contributed by atoms with E-state index >= 15 is 0 Å². The highest BCUT2D eigenvalue weighted by Crippen LogP contribution is 2.58. The van der Waals surface area contributed by atoms with Gasteiger partial charge in [-0.05, 0) is 82.4 Å². The summed E-state index contributed by atoms with van der Waals surface area (Å²) >= 11 is 0. The number of hydrogen-bond acceptors (Lipinski definition) is 4. The summed E-state index contributed by atoms with van der Waals surface area (Å²) in [5.41, 5.74) is 1.48. The number of nitrogens with zero attached hydrogens (tertiary/aromatic N) is 1. The van der Waals surface area contributed by atoms with Crippen molar-refractivity contribution in [3.63, 3.8) is 0 Å². The molecule has 160 valence electrons. The minimum Gasteiger partial charge on any atom is -0.387 e. The third kappa shape index (κ3) is 3.10. The minimum absolute atomic E-state index is 0.107. The number of nitrogens with one attached hydrogen (secondary N) is 1. The summed E-state index contributed by atoms with van der Waals surface area (Å²) in [6.45, 7) is 5.56. The number of piperidine rings is 1. The molecule has 1 aliphatic heterocycles. The molecule has 1 aromatic carbocycles. The first-order valence-electron chi connectivity index (χ1n) is 11.3. The number of fused-ring (bicyclic) bond motifs is 1. The normalized spacial score (nSPS) is 37.2. The van der Waals surface area contributed by atoms with E-state index in [1.165, 1.54) is 24.0 Å². The number of benzene rings is 1. The van der Waals surface area contributed by atoms with Crippen LogP contribution in [0.25, 0.3) is 0 Å². The molecule has 0 spiro atoms. The lowest BCUT2D eigenvalue weighted by Gasteiger charge is -2.65. The Morgan fingerprint density at radius 2 is 1.97 bits per heavy atom. The van der Waals surface area contributed by atoms with Gasteiger partial charge in [0, 0.05) is 24.0 Å². The van der Waals surface area contributed by atoms with Gasteiger partial charge in [-0.3, -0.25) is 4.90 Å². The zero-order chi connectivity index (χ0) is 20.4. The average molecular weight is 419 g/mol. The Hall–Kier alpha value is -0.950. The fourth-order valence-corrected chi connectivity index (χ4v) is 7.34. The molecule has 0 radical (unpaired) electrons. The topological polar surface area (TPSA) is 69.6 Å². The zero-order valence-corrected chi connectivity index (χ0v) is 18.4. The van der Waals surface area contributed by atoms with Gasteiger partial charge >= 0.3 is 0 Å². The molecule has 0 aromatic heterocycles. The average Bonchev–Trinajstić information content (AvgIpc) is 3.48. The van der Waals surface area contributed by atoms with E-state index < -0.39 is 20.9 Å². The van der Waals surface area contributed by atoms with Crippen molar-refractivity contribution in [3.05, 3.63) is 35.4 Å². The maximum Gasteiger partial charge on any atom is 0.214 e. The minimum atomic E-state index is -3.32. The Kier molecular flexibility index (Phi) is 4.67. The van der Waals surface area contributed by atoms with Crippen LogP contribution in [0, 0.1) is 5.92 Å². The molecule has 29 heavy (non-hydrogen) atoms. The fourth-order valence-electron chi connectivity index (χ4n) is 6.40. The van der Waals surface area contributed by atoms with Crippen molar-refractivity contribution in [1.29, 1.82) is 0 Å². The molecule has 0 amide bonds. The van der Waals surface area contributed by atoms with Gasteiger partial charge in [0.25, 0.3) is 0 Å². The van der Waals surface area contributed by atoms with Crippen LogP contribution < -0.4 is 4.72 Å². The van der Waals surface area contributed by atoms with Crippen molar-refractivity contribution < 1.29 is 13.5 Å². The fraction of sp³-hybridized carbons (Fsp3) is 0.739. The van der Waals surface area contributed by atoms with Gasteiger partial charge in [0.1, 0.15) is 0 Å². The van der Waals surface area contributed by atoms with Gasteiger partial charge in [0.05, 0.1) is 10.9 Å². The molecule has 3 aliphatic carbocycles. The van der Waals surface area contributed by atoms with Gasteiger partial charge in [0.15, 0.2) is 0 Å². The Morgan fingerprint density at radius 1 is 1.21 bits per heavy atom. The van der Waals surface area contributed by atoms with Crippen LogP contribution in [0.5, 0.6) is 0 Å². The predicted molar refractivity (Wildman–Crippen MR) is 114 cm³/mol. The van der Waals surface area contributed by atoms with E-state index in [1.54, 1.807) is 13.8 Å². The van der Waals surface area contributed by atoms with Gasteiger partial charge in [-0.1, -0.05) is 24.3 Å². The molecule has 1 unspecified atom stereocenters. The van der Waals surface area contributed by atoms with E-state index in [2.05, 4.69) is 33.9 Å². The summed E-state index contributed by atoms with van der Waals surface area (Å²) in [7, 11) is -3.32. The molecular weight excluding hydrogens is 384 g/mol. The maximum absolute atomic E-state index is 12.6. The van der Waals surface area contributed by atoms with E-state index in [-0.39, 0.29) is 17.5 Å². The molecule has 4 atom stereocenters. The Balaban J connectivity index is 1.52. The van der Waals surface area contributed by atoms with Crippen molar-refractivity contribution >= 4 is 10.0 Å². The van der Waals surface area contributed by atoms with Gasteiger partial charge < -0.3 is 5.11 Å². The molecule has 2 bridgehead atoms. The van der Waals surface area contributed by atoms with Gasteiger partial charge in [-0.25, -0.2) is 13.1 Å². The number of sulfonamides is 1.